The maximum Gasteiger partial charge on any atom is 0.235 e. The Morgan fingerprint density at radius 3 is 2.58 bits per heavy atom. The van der Waals surface area contributed by atoms with Crippen molar-refractivity contribution in [3.8, 4) is 0 Å². The zero-order valence-electron chi connectivity index (χ0n) is 14.9. The first-order chi connectivity index (χ1) is 12.5. The summed E-state index contributed by atoms with van der Waals surface area (Å²) in [6.07, 6.45) is 6.24. The van der Waals surface area contributed by atoms with E-state index in [1.54, 1.807) is 12.4 Å². The summed E-state index contributed by atoms with van der Waals surface area (Å²) in [5.41, 5.74) is 2.08. The van der Waals surface area contributed by atoms with E-state index in [0.29, 0.717) is 10.7 Å². The van der Waals surface area contributed by atoms with Crippen LogP contribution < -0.4 is 5.32 Å². The lowest BCUT2D eigenvalue weighted by Crippen LogP contribution is -2.46. The lowest BCUT2D eigenvalue weighted by molar-refractivity contribution is -0.124. The van der Waals surface area contributed by atoms with Crippen LogP contribution in [0.25, 0.3) is 11.0 Å². The largest absolute Gasteiger partial charge is 0.324 e. The van der Waals surface area contributed by atoms with E-state index < -0.39 is 5.41 Å². The van der Waals surface area contributed by atoms with Crippen LogP contribution in [0.3, 0.4) is 0 Å². The van der Waals surface area contributed by atoms with Crippen molar-refractivity contribution in [3.63, 3.8) is 0 Å². The molecule has 0 atom stereocenters. The molecule has 0 radical (unpaired) electrons. The van der Waals surface area contributed by atoms with Crippen molar-refractivity contribution in [2.75, 3.05) is 5.32 Å². The molecule has 134 valence electrons. The molecule has 1 N–H and O–H groups in total. The van der Waals surface area contributed by atoms with E-state index >= 15 is 0 Å². The summed E-state index contributed by atoms with van der Waals surface area (Å²) in [4.78, 5) is 17.6. The highest BCUT2D eigenvalue weighted by molar-refractivity contribution is 6.30. The smallest absolute Gasteiger partial charge is 0.235 e. The fourth-order valence-electron chi connectivity index (χ4n) is 3.58. The van der Waals surface area contributed by atoms with Gasteiger partial charge in [-0.15, -0.1) is 0 Å². The second-order valence-electron chi connectivity index (χ2n) is 7.22. The topological polar surface area (TPSA) is 59.8 Å². The molecule has 2 heterocycles. The normalized spacial score (nSPS) is 15.8. The van der Waals surface area contributed by atoms with E-state index in [4.69, 9.17) is 11.6 Å². The van der Waals surface area contributed by atoms with Gasteiger partial charge in [0.1, 0.15) is 0 Å². The van der Waals surface area contributed by atoms with Crippen LogP contribution >= 0.6 is 11.6 Å². The number of pyridine rings is 1. The standard InChI is InChI=1S/C20H21ClN4O/c1-13(2)25-18-14(11-23-25)10-17(12-22-18)24-19(26)20(8-3-9-20)15-4-6-16(21)7-5-15/h4-7,10-13H,3,8-9H2,1-2H3,(H,24,26). The van der Waals surface area contributed by atoms with Crippen molar-refractivity contribution in [2.24, 2.45) is 0 Å². The molecule has 4 rings (SSSR count). The molecule has 0 saturated heterocycles. The third kappa shape index (κ3) is 2.76. The Labute approximate surface area is 157 Å². The number of amides is 1. The lowest BCUT2D eigenvalue weighted by atomic mass is 9.64. The summed E-state index contributed by atoms with van der Waals surface area (Å²) < 4.78 is 1.88. The van der Waals surface area contributed by atoms with Crippen molar-refractivity contribution in [1.82, 2.24) is 14.8 Å². The molecular formula is C20H21ClN4O. The molecule has 1 aliphatic carbocycles. The molecule has 2 aromatic heterocycles. The monoisotopic (exact) mass is 368 g/mol. The van der Waals surface area contributed by atoms with Gasteiger partial charge in [0.25, 0.3) is 0 Å². The van der Waals surface area contributed by atoms with E-state index in [9.17, 15) is 4.79 Å². The van der Waals surface area contributed by atoms with Crippen molar-refractivity contribution in [2.45, 2.75) is 44.6 Å². The molecule has 5 nitrogen and oxygen atoms in total. The Balaban J connectivity index is 1.61. The number of rotatable bonds is 4. The Hall–Kier alpha value is -2.40. The fraction of sp³-hybridized carbons (Fsp3) is 0.350. The zero-order valence-corrected chi connectivity index (χ0v) is 15.6. The SMILES string of the molecule is CC(C)n1ncc2cc(NC(=O)C3(c4ccc(Cl)cc4)CCC3)cnc21. The fourth-order valence-corrected chi connectivity index (χ4v) is 3.71. The molecule has 1 aromatic carbocycles. The average Bonchev–Trinajstić information content (AvgIpc) is 2.99. The third-order valence-electron chi connectivity index (χ3n) is 5.22. The number of carbonyl (C=O) groups is 1. The van der Waals surface area contributed by atoms with Gasteiger partial charge < -0.3 is 5.32 Å². The Bertz CT molecular complexity index is 958. The maximum atomic E-state index is 13.1. The number of nitrogens with one attached hydrogen (secondary N) is 1. The number of nitrogens with zero attached hydrogens (tertiary/aromatic N) is 3. The van der Waals surface area contributed by atoms with Crippen molar-refractivity contribution < 1.29 is 4.79 Å². The van der Waals surface area contributed by atoms with Gasteiger partial charge in [0.2, 0.25) is 5.91 Å². The van der Waals surface area contributed by atoms with Crippen molar-refractivity contribution >= 4 is 34.2 Å². The maximum absolute atomic E-state index is 13.1. The average molecular weight is 369 g/mol. The van der Waals surface area contributed by atoms with E-state index in [1.807, 2.05) is 35.0 Å². The van der Waals surface area contributed by atoms with Crippen LogP contribution in [0.4, 0.5) is 5.69 Å². The van der Waals surface area contributed by atoms with Gasteiger partial charge in [0, 0.05) is 16.5 Å². The van der Waals surface area contributed by atoms with E-state index in [-0.39, 0.29) is 11.9 Å². The molecule has 1 fully saturated rings. The van der Waals surface area contributed by atoms with Crippen molar-refractivity contribution in [1.29, 1.82) is 0 Å². The predicted octanol–water partition coefficient (Wildman–Crippen LogP) is 4.73. The van der Waals surface area contributed by atoms with Gasteiger partial charge in [-0.25, -0.2) is 9.67 Å². The minimum Gasteiger partial charge on any atom is -0.324 e. The summed E-state index contributed by atoms with van der Waals surface area (Å²) in [6.45, 7) is 4.13. The molecule has 6 heteroatoms. The van der Waals surface area contributed by atoms with Crippen molar-refractivity contribution in [3.05, 3.63) is 53.3 Å². The number of aromatic nitrogens is 3. The lowest BCUT2D eigenvalue weighted by Gasteiger charge is -2.40. The summed E-state index contributed by atoms with van der Waals surface area (Å²) in [6, 6.07) is 9.77. The molecule has 0 bridgehead atoms. The summed E-state index contributed by atoms with van der Waals surface area (Å²) in [5, 5.41) is 9.04. The Morgan fingerprint density at radius 2 is 1.96 bits per heavy atom. The summed E-state index contributed by atoms with van der Waals surface area (Å²) >= 11 is 6.00. The first-order valence-electron chi connectivity index (χ1n) is 8.90. The third-order valence-corrected chi connectivity index (χ3v) is 5.47. The Kier molecular flexibility index (Phi) is 4.19. The number of halogens is 1. The number of carbonyl (C=O) groups excluding carboxylic acids is 1. The van der Waals surface area contributed by atoms with Crippen LogP contribution in [0.5, 0.6) is 0 Å². The molecule has 1 aliphatic rings. The van der Waals surface area contributed by atoms with Gasteiger partial charge in [-0.3, -0.25) is 4.79 Å². The molecular weight excluding hydrogens is 348 g/mol. The summed E-state index contributed by atoms with van der Waals surface area (Å²) in [5.74, 6) is 0.0171. The molecule has 26 heavy (non-hydrogen) atoms. The minimum atomic E-state index is -0.471. The second-order valence-corrected chi connectivity index (χ2v) is 7.65. The van der Waals surface area contributed by atoms with Gasteiger partial charge in [-0.1, -0.05) is 30.2 Å². The highest BCUT2D eigenvalue weighted by Gasteiger charge is 2.45. The Morgan fingerprint density at radius 1 is 1.23 bits per heavy atom. The molecule has 3 aromatic rings. The molecule has 1 amide bonds. The quantitative estimate of drug-likeness (QED) is 0.724. The van der Waals surface area contributed by atoms with E-state index in [2.05, 4.69) is 29.2 Å². The predicted molar refractivity (Wildman–Crippen MR) is 104 cm³/mol. The minimum absolute atomic E-state index is 0.0171. The number of benzene rings is 1. The number of hydrogen-bond acceptors (Lipinski definition) is 3. The highest BCUT2D eigenvalue weighted by atomic mass is 35.5. The van der Waals surface area contributed by atoms with Gasteiger partial charge in [-0.2, -0.15) is 5.10 Å². The summed E-state index contributed by atoms with van der Waals surface area (Å²) in [7, 11) is 0. The number of fused-ring (bicyclic) bond motifs is 1. The van der Waals surface area contributed by atoms with Crippen LogP contribution in [0, 0.1) is 0 Å². The van der Waals surface area contributed by atoms with Gasteiger partial charge in [0.15, 0.2) is 5.65 Å². The first-order valence-corrected chi connectivity index (χ1v) is 9.28. The first kappa shape index (κ1) is 17.0. The van der Waals surface area contributed by atoms with Gasteiger partial charge in [-0.05, 0) is 50.5 Å². The van der Waals surface area contributed by atoms with Crippen LogP contribution in [-0.2, 0) is 10.2 Å². The second kappa shape index (κ2) is 6.40. The molecule has 0 aliphatic heterocycles. The molecule has 1 saturated carbocycles. The zero-order chi connectivity index (χ0) is 18.3. The van der Waals surface area contributed by atoms with Crippen LogP contribution in [-0.4, -0.2) is 20.7 Å². The molecule has 0 spiro atoms. The van der Waals surface area contributed by atoms with Gasteiger partial charge in [0.05, 0.1) is 23.5 Å². The van der Waals surface area contributed by atoms with Crippen LogP contribution in [0.15, 0.2) is 42.7 Å². The number of anilines is 1. The van der Waals surface area contributed by atoms with Crippen LogP contribution in [0.2, 0.25) is 5.02 Å². The highest BCUT2D eigenvalue weighted by Crippen LogP contribution is 2.44. The van der Waals surface area contributed by atoms with E-state index in [0.717, 1.165) is 35.9 Å². The van der Waals surface area contributed by atoms with Crippen LogP contribution in [0.1, 0.15) is 44.7 Å². The molecule has 0 unspecified atom stereocenters. The van der Waals surface area contributed by atoms with E-state index in [1.165, 1.54) is 0 Å². The number of hydrogen-bond donors (Lipinski definition) is 1. The van der Waals surface area contributed by atoms with Gasteiger partial charge >= 0.3 is 0 Å².